The number of nitrogens with zero attached hydrogens (tertiary/aromatic N) is 2. The highest BCUT2D eigenvalue weighted by atomic mass is 16.3. The van der Waals surface area contributed by atoms with E-state index in [1.54, 1.807) is 0 Å². The van der Waals surface area contributed by atoms with Crippen LogP contribution in [0.25, 0.3) is 0 Å². The van der Waals surface area contributed by atoms with Gasteiger partial charge in [-0.2, -0.15) is 0 Å². The normalized spacial score (nSPS) is 27.0. The molecule has 4 amide bonds. The summed E-state index contributed by atoms with van der Waals surface area (Å²) in [6.45, 7) is 2.44. The molecule has 2 heterocycles. The molecule has 34 heavy (non-hydrogen) atoms. The molecule has 0 radical (unpaired) electrons. The van der Waals surface area contributed by atoms with Gasteiger partial charge in [0.05, 0.1) is 6.10 Å². The van der Waals surface area contributed by atoms with Crippen LogP contribution in [0.1, 0.15) is 51.9 Å². The molecule has 2 aliphatic heterocycles. The maximum Gasteiger partial charge on any atom is 0.245 e. The van der Waals surface area contributed by atoms with Crippen LogP contribution in [0.4, 0.5) is 0 Å². The van der Waals surface area contributed by atoms with E-state index >= 15 is 0 Å². The summed E-state index contributed by atoms with van der Waals surface area (Å²) >= 11 is 0. The zero-order valence-corrected chi connectivity index (χ0v) is 19.7. The summed E-state index contributed by atoms with van der Waals surface area (Å²) in [5.74, 6) is -2.16. The van der Waals surface area contributed by atoms with E-state index in [1.807, 2.05) is 0 Å². The fraction of sp³-hybridized carbons (Fsp3) is 0.762. The van der Waals surface area contributed by atoms with Gasteiger partial charge in [-0.3, -0.25) is 24.2 Å². The quantitative estimate of drug-likeness (QED) is 0.102. The fourth-order valence-electron chi connectivity index (χ4n) is 4.21. The van der Waals surface area contributed by atoms with Crippen LogP contribution in [0.3, 0.4) is 0 Å². The van der Waals surface area contributed by atoms with Gasteiger partial charge in [0.1, 0.15) is 24.2 Å². The number of fused-ring (bicyclic) bond motifs is 1. The molecule has 0 aliphatic carbocycles. The van der Waals surface area contributed by atoms with Crippen molar-refractivity contribution in [3.63, 3.8) is 0 Å². The minimum Gasteiger partial charge on any atom is -0.391 e. The monoisotopic (exact) mass is 482 g/mol. The van der Waals surface area contributed by atoms with E-state index in [1.165, 1.54) is 11.8 Å². The number of carbonyl (C=O) groups is 4. The molecule has 2 fully saturated rings. The number of hydrogen-bond donors (Lipinski definition) is 7. The Morgan fingerprint density at radius 2 is 1.71 bits per heavy atom. The minimum absolute atomic E-state index is 0.0841. The van der Waals surface area contributed by atoms with Gasteiger partial charge in [-0.15, -0.1) is 0 Å². The van der Waals surface area contributed by atoms with E-state index < -0.39 is 48.0 Å². The lowest BCUT2D eigenvalue weighted by Crippen LogP contribution is -2.63. The second-order valence-corrected chi connectivity index (χ2v) is 8.77. The molecule has 0 aromatic heterocycles. The number of guanidine groups is 1. The number of amides is 4. The van der Waals surface area contributed by atoms with Gasteiger partial charge in [-0.05, 0) is 58.4 Å². The van der Waals surface area contributed by atoms with Gasteiger partial charge < -0.3 is 43.2 Å². The number of hydrogen-bond acceptors (Lipinski definition) is 7. The van der Waals surface area contributed by atoms with Crippen LogP contribution in [0.2, 0.25) is 0 Å². The van der Waals surface area contributed by atoms with Gasteiger partial charge in [0.15, 0.2) is 5.96 Å². The lowest BCUT2D eigenvalue weighted by atomic mass is 10.0. The first-order valence-corrected chi connectivity index (χ1v) is 11.8. The number of rotatable bonds is 9. The molecule has 2 rings (SSSR count). The summed E-state index contributed by atoms with van der Waals surface area (Å²) in [4.78, 5) is 57.8. The number of nitrogens with two attached hydrogens (primary N) is 3. The van der Waals surface area contributed by atoms with Crippen LogP contribution in [-0.2, 0) is 19.2 Å². The van der Waals surface area contributed by atoms with Crippen molar-refractivity contribution in [1.82, 2.24) is 20.9 Å². The Kier molecular flexibility index (Phi) is 10.5. The molecule has 5 atom stereocenters. The summed E-state index contributed by atoms with van der Waals surface area (Å²) in [6.07, 6.45) is 2.04. The molecular weight excluding hydrogens is 444 g/mol. The van der Waals surface area contributed by atoms with E-state index in [-0.39, 0.29) is 24.8 Å². The number of aliphatic hydroxyl groups is 1. The molecular formula is C21H38N8O5. The minimum atomic E-state index is -1.30. The second-order valence-electron chi connectivity index (χ2n) is 8.77. The number of nitrogens with one attached hydrogen (secondary N) is 3. The smallest absolute Gasteiger partial charge is 0.245 e. The summed E-state index contributed by atoms with van der Waals surface area (Å²) in [7, 11) is 0. The van der Waals surface area contributed by atoms with Gasteiger partial charge >= 0.3 is 0 Å². The third kappa shape index (κ3) is 7.55. The standard InChI is InChI=1S/C21H38N8O5/c1-12(30)16-19(33)27-14(6-2-3-9-22)20(34)29-11-5-8-15(29)18(32)26-13(17(31)28-16)7-4-10-25-21(23)24/h12-16,30H,2-11,22H2,1H3,(H,26,32)(H,27,33)(H,28,31)(H4,23,24,25)/t12-,13+,14+,15+,16+/m1/s1. The topological polar surface area (TPSA) is 218 Å². The summed E-state index contributed by atoms with van der Waals surface area (Å²) in [5, 5.41) is 18.1. The first-order chi connectivity index (χ1) is 16.1. The van der Waals surface area contributed by atoms with Crippen LogP contribution in [-0.4, -0.2) is 89.5 Å². The first-order valence-electron chi connectivity index (χ1n) is 11.8. The van der Waals surface area contributed by atoms with E-state index in [0.717, 1.165) is 0 Å². The molecule has 0 unspecified atom stereocenters. The van der Waals surface area contributed by atoms with Crippen molar-refractivity contribution >= 4 is 29.6 Å². The molecule has 13 heteroatoms. The van der Waals surface area contributed by atoms with Gasteiger partial charge in [0, 0.05) is 13.1 Å². The van der Waals surface area contributed by atoms with Crippen LogP contribution in [0.5, 0.6) is 0 Å². The molecule has 0 bridgehead atoms. The van der Waals surface area contributed by atoms with E-state index in [2.05, 4.69) is 20.9 Å². The molecule has 2 saturated heterocycles. The summed E-state index contributed by atoms with van der Waals surface area (Å²) in [5.41, 5.74) is 16.2. The Bertz CT molecular complexity index is 770. The molecule has 0 aromatic rings. The fourth-order valence-corrected chi connectivity index (χ4v) is 4.21. The number of aliphatic hydroxyl groups excluding tert-OH is 1. The SMILES string of the molecule is C[C@@H](O)[C@@H]1NC(=O)[C@H](CCCN=C(N)N)NC(=O)[C@@H]2CCCN2C(=O)[C@H](CCCCN)NC1=O. The molecule has 2 aliphatic rings. The summed E-state index contributed by atoms with van der Waals surface area (Å²) in [6, 6.07) is -3.92. The maximum absolute atomic E-state index is 13.3. The first kappa shape index (κ1) is 27.3. The lowest BCUT2D eigenvalue weighted by Gasteiger charge is -2.33. The number of carbonyl (C=O) groups excluding carboxylic acids is 4. The van der Waals surface area contributed by atoms with Crippen molar-refractivity contribution in [3.8, 4) is 0 Å². The van der Waals surface area contributed by atoms with Gasteiger partial charge in [0.25, 0.3) is 0 Å². The van der Waals surface area contributed by atoms with E-state index in [9.17, 15) is 24.3 Å². The number of aliphatic imine (C=N–C) groups is 1. The lowest BCUT2D eigenvalue weighted by molar-refractivity contribution is -0.144. The third-order valence-electron chi connectivity index (χ3n) is 6.04. The molecule has 10 N–H and O–H groups in total. The second kappa shape index (κ2) is 13.1. The molecule has 192 valence electrons. The van der Waals surface area contributed by atoms with Gasteiger partial charge in [0.2, 0.25) is 23.6 Å². The predicted molar refractivity (Wildman–Crippen MR) is 125 cm³/mol. The highest BCUT2D eigenvalue weighted by Gasteiger charge is 2.40. The molecule has 0 aromatic carbocycles. The Labute approximate surface area is 199 Å². The van der Waals surface area contributed by atoms with Crippen LogP contribution in [0, 0.1) is 0 Å². The highest BCUT2D eigenvalue weighted by Crippen LogP contribution is 2.21. The average molecular weight is 483 g/mol. The van der Waals surface area contributed by atoms with Crippen LogP contribution >= 0.6 is 0 Å². The molecule has 0 saturated carbocycles. The van der Waals surface area contributed by atoms with Crippen molar-refractivity contribution in [2.45, 2.75) is 82.1 Å². The zero-order chi connectivity index (χ0) is 25.3. The van der Waals surface area contributed by atoms with E-state index in [4.69, 9.17) is 17.2 Å². The Hall–Kier alpha value is -2.93. The van der Waals surface area contributed by atoms with Gasteiger partial charge in [-0.25, -0.2) is 0 Å². The number of unbranched alkanes of at least 4 members (excludes halogenated alkanes) is 1. The zero-order valence-electron chi connectivity index (χ0n) is 19.7. The molecule has 0 spiro atoms. The van der Waals surface area contributed by atoms with Crippen LogP contribution in [0.15, 0.2) is 4.99 Å². The van der Waals surface area contributed by atoms with Crippen molar-refractivity contribution in [1.29, 1.82) is 0 Å². The Morgan fingerprint density at radius 1 is 1.03 bits per heavy atom. The largest absolute Gasteiger partial charge is 0.391 e. The summed E-state index contributed by atoms with van der Waals surface area (Å²) < 4.78 is 0. The average Bonchev–Trinajstić information content (AvgIpc) is 3.27. The van der Waals surface area contributed by atoms with Crippen LogP contribution < -0.4 is 33.2 Å². The Morgan fingerprint density at radius 3 is 2.35 bits per heavy atom. The highest BCUT2D eigenvalue weighted by molar-refractivity contribution is 5.98. The van der Waals surface area contributed by atoms with Crippen molar-refractivity contribution < 1.29 is 24.3 Å². The van der Waals surface area contributed by atoms with Crippen molar-refractivity contribution in [2.75, 3.05) is 19.6 Å². The maximum atomic E-state index is 13.3. The van der Waals surface area contributed by atoms with Gasteiger partial charge in [-0.1, -0.05) is 0 Å². The predicted octanol–water partition coefficient (Wildman–Crippen LogP) is -2.99. The van der Waals surface area contributed by atoms with Crippen molar-refractivity contribution in [2.24, 2.45) is 22.2 Å². The van der Waals surface area contributed by atoms with E-state index in [0.29, 0.717) is 51.6 Å². The third-order valence-corrected chi connectivity index (χ3v) is 6.04. The van der Waals surface area contributed by atoms with Crippen molar-refractivity contribution in [3.05, 3.63) is 0 Å². The Balaban J connectivity index is 2.31. The molecule has 13 nitrogen and oxygen atoms in total.